The third-order valence-corrected chi connectivity index (χ3v) is 5.09. The zero-order valence-corrected chi connectivity index (χ0v) is 17.3. The average Bonchev–Trinajstić information content (AvgIpc) is 3.01. The number of hydrogen-bond donors (Lipinski definition) is 1. The molecule has 0 aliphatic carbocycles. The fraction of sp³-hybridized carbons (Fsp3) is 0.192. The summed E-state index contributed by atoms with van der Waals surface area (Å²) in [6, 6.07) is 14.9. The maximum Gasteiger partial charge on any atom is 0.163 e. The Hall–Kier alpha value is -3.71. The Balaban J connectivity index is 1.83. The molecule has 148 valence electrons. The number of aliphatic imine (C=N–C) groups is 1. The Morgan fingerprint density at radius 1 is 1.10 bits per heavy atom. The smallest absolute Gasteiger partial charge is 0.163 e. The van der Waals surface area contributed by atoms with Crippen molar-refractivity contribution in [1.29, 1.82) is 0 Å². The lowest BCUT2D eigenvalue weighted by atomic mass is 10.0. The number of fused-ring (bicyclic) bond motifs is 1. The first-order valence-corrected chi connectivity index (χ1v) is 10.2. The van der Waals surface area contributed by atoms with Gasteiger partial charge in [-0.15, -0.1) is 6.42 Å². The molecule has 0 radical (unpaired) electrons. The van der Waals surface area contributed by atoms with Crippen LogP contribution >= 0.6 is 0 Å². The minimum Gasteiger partial charge on any atom is -0.359 e. The molecule has 1 aliphatic rings. The third kappa shape index (κ3) is 4.16. The van der Waals surface area contributed by atoms with Crippen LogP contribution in [0.25, 0.3) is 27.6 Å². The zero-order chi connectivity index (χ0) is 20.9. The molecule has 1 atom stereocenters. The number of anilines is 1. The summed E-state index contributed by atoms with van der Waals surface area (Å²) in [4.78, 5) is 14.0. The number of benzene rings is 2. The first-order valence-electron chi connectivity index (χ1n) is 10.2. The highest BCUT2D eigenvalue weighted by Gasteiger charge is 2.12. The van der Waals surface area contributed by atoms with Crippen LogP contribution in [0.4, 0.5) is 5.82 Å². The van der Waals surface area contributed by atoms with E-state index in [9.17, 15) is 0 Å². The number of aromatic nitrogens is 2. The largest absolute Gasteiger partial charge is 0.359 e. The molecule has 1 aromatic heterocycles. The number of allylic oxidation sites excluding steroid dienone is 3. The second-order valence-corrected chi connectivity index (χ2v) is 7.34. The summed E-state index contributed by atoms with van der Waals surface area (Å²) in [6.45, 7) is 4.65. The molecule has 1 N–H and O–H groups in total. The van der Waals surface area contributed by atoms with Crippen LogP contribution < -0.4 is 5.32 Å². The van der Waals surface area contributed by atoms with E-state index in [1.54, 1.807) is 6.20 Å². The molecular weight excluding hydrogens is 368 g/mol. The maximum atomic E-state index is 5.49. The number of aryl methyl sites for hydroxylation is 1. The van der Waals surface area contributed by atoms with Crippen LogP contribution in [0, 0.1) is 18.3 Å². The van der Waals surface area contributed by atoms with E-state index < -0.39 is 0 Å². The van der Waals surface area contributed by atoms with Gasteiger partial charge >= 0.3 is 0 Å². The van der Waals surface area contributed by atoms with E-state index in [4.69, 9.17) is 16.4 Å². The Kier molecular flexibility index (Phi) is 5.72. The van der Waals surface area contributed by atoms with Crippen LogP contribution in [0.15, 0.2) is 65.8 Å². The summed E-state index contributed by atoms with van der Waals surface area (Å²) < 4.78 is 0. The fourth-order valence-corrected chi connectivity index (χ4v) is 3.42. The summed E-state index contributed by atoms with van der Waals surface area (Å²) in [7, 11) is 0. The van der Waals surface area contributed by atoms with Gasteiger partial charge in [-0.3, -0.25) is 4.99 Å². The van der Waals surface area contributed by atoms with Gasteiger partial charge in [0.1, 0.15) is 5.82 Å². The molecule has 3 aromatic rings. The highest BCUT2D eigenvalue weighted by atomic mass is 15.0. The van der Waals surface area contributed by atoms with Crippen LogP contribution in [0.2, 0.25) is 0 Å². The van der Waals surface area contributed by atoms with E-state index in [0.29, 0.717) is 12.4 Å². The lowest BCUT2D eigenvalue weighted by Gasteiger charge is -2.12. The number of nitrogens with zero attached hydrogens (tertiary/aromatic N) is 3. The van der Waals surface area contributed by atoms with Gasteiger partial charge in [-0.1, -0.05) is 62.3 Å². The molecule has 1 unspecified atom stereocenters. The minimum absolute atomic E-state index is 0.277. The molecule has 0 amide bonds. The van der Waals surface area contributed by atoms with Crippen molar-refractivity contribution < 1.29 is 0 Å². The zero-order valence-electron chi connectivity index (χ0n) is 17.3. The van der Waals surface area contributed by atoms with Gasteiger partial charge in [0.15, 0.2) is 5.82 Å². The fourth-order valence-electron chi connectivity index (χ4n) is 3.42. The molecule has 4 nitrogen and oxygen atoms in total. The van der Waals surface area contributed by atoms with Crippen LogP contribution in [0.3, 0.4) is 0 Å². The van der Waals surface area contributed by atoms with Crippen molar-refractivity contribution in [2.75, 3.05) is 11.9 Å². The van der Waals surface area contributed by atoms with Gasteiger partial charge < -0.3 is 5.32 Å². The summed E-state index contributed by atoms with van der Waals surface area (Å²) in [6.07, 6.45) is 14.3. The van der Waals surface area contributed by atoms with E-state index >= 15 is 0 Å². The van der Waals surface area contributed by atoms with E-state index in [2.05, 4.69) is 72.6 Å². The van der Waals surface area contributed by atoms with E-state index in [1.807, 2.05) is 18.4 Å². The van der Waals surface area contributed by atoms with Gasteiger partial charge in [-0.2, -0.15) is 0 Å². The summed E-state index contributed by atoms with van der Waals surface area (Å²) >= 11 is 0. The topological polar surface area (TPSA) is 50.2 Å². The highest BCUT2D eigenvalue weighted by Crippen LogP contribution is 2.29. The van der Waals surface area contributed by atoms with E-state index in [-0.39, 0.29) is 5.92 Å². The maximum absolute atomic E-state index is 5.49. The molecule has 0 saturated heterocycles. The summed E-state index contributed by atoms with van der Waals surface area (Å²) in [5, 5.41) is 4.21. The minimum atomic E-state index is 0.277. The number of rotatable bonds is 5. The van der Waals surface area contributed by atoms with Crippen molar-refractivity contribution in [3.05, 3.63) is 72.2 Å². The van der Waals surface area contributed by atoms with Crippen molar-refractivity contribution in [3.63, 3.8) is 0 Å². The molecule has 2 heterocycles. The number of hydrogen-bond acceptors (Lipinski definition) is 4. The molecule has 2 aromatic carbocycles. The van der Waals surface area contributed by atoms with Crippen LogP contribution in [0.5, 0.6) is 0 Å². The predicted molar refractivity (Wildman–Crippen MR) is 126 cm³/mol. The molecule has 1 aliphatic heterocycles. The van der Waals surface area contributed by atoms with Gasteiger partial charge in [0.05, 0.1) is 12.1 Å². The molecule has 0 fully saturated rings. The standard InChI is InChI=1S/C26H24N4/c1-4-13-28-26-23-15-21(20-8-6-7-19(5-2)14-20)11-12-24(23)29-25(30-26)22-10-9-18(3)16-27-17-22/h1,6-12,14-18H,5,13H2,2-3H3,(H,28,29,30). The van der Waals surface area contributed by atoms with Crippen molar-refractivity contribution in [1.82, 2.24) is 9.97 Å². The Bertz CT molecular complexity index is 1210. The molecule has 0 spiro atoms. The molecular formula is C26H24N4. The van der Waals surface area contributed by atoms with E-state index in [1.165, 1.54) is 11.1 Å². The van der Waals surface area contributed by atoms with E-state index in [0.717, 1.165) is 34.3 Å². The third-order valence-electron chi connectivity index (χ3n) is 5.09. The normalized spacial score (nSPS) is 15.5. The first kappa shape index (κ1) is 19.6. The Labute approximate surface area is 177 Å². The second-order valence-electron chi connectivity index (χ2n) is 7.34. The van der Waals surface area contributed by atoms with Gasteiger partial charge in [0.25, 0.3) is 0 Å². The van der Waals surface area contributed by atoms with Crippen LogP contribution in [-0.4, -0.2) is 22.7 Å². The molecule has 4 rings (SSSR count). The monoisotopic (exact) mass is 392 g/mol. The first-order chi connectivity index (χ1) is 14.7. The molecule has 0 bridgehead atoms. The highest BCUT2D eigenvalue weighted by molar-refractivity contribution is 5.94. The number of terminal acetylenes is 1. The molecule has 4 heteroatoms. The van der Waals surface area contributed by atoms with Gasteiger partial charge in [0, 0.05) is 29.3 Å². The van der Waals surface area contributed by atoms with Crippen molar-refractivity contribution >= 4 is 28.5 Å². The second kappa shape index (κ2) is 8.75. The quantitative estimate of drug-likeness (QED) is 0.582. The Morgan fingerprint density at radius 2 is 1.97 bits per heavy atom. The summed E-state index contributed by atoms with van der Waals surface area (Å²) in [5.74, 6) is 4.27. The SMILES string of the molecule is C#CCNc1nc(C2=CN=CC(C)C=C2)nc2ccc(-c3cccc(CC)c3)cc12. The Morgan fingerprint density at radius 3 is 2.80 bits per heavy atom. The van der Waals surface area contributed by atoms with Crippen molar-refractivity contribution in [2.45, 2.75) is 20.3 Å². The van der Waals surface area contributed by atoms with Crippen LogP contribution in [0.1, 0.15) is 25.2 Å². The van der Waals surface area contributed by atoms with Crippen molar-refractivity contribution in [3.8, 4) is 23.5 Å². The van der Waals surface area contributed by atoms with Crippen molar-refractivity contribution in [2.24, 2.45) is 10.9 Å². The lowest BCUT2D eigenvalue weighted by Crippen LogP contribution is -2.05. The molecule has 0 saturated carbocycles. The average molecular weight is 393 g/mol. The number of nitrogens with one attached hydrogen (secondary N) is 1. The van der Waals surface area contributed by atoms with Gasteiger partial charge in [0.2, 0.25) is 0 Å². The molecule has 30 heavy (non-hydrogen) atoms. The lowest BCUT2D eigenvalue weighted by molar-refractivity contribution is 1.03. The van der Waals surface area contributed by atoms with Gasteiger partial charge in [-0.25, -0.2) is 9.97 Å². The predicted octanol–water partition coefficient (Wildman–Crippen LogP) is 5.52. The van der Waals surface area contributed by atoms with Gasteiger partial charge in [-0.05, 0) is 35.2 Å². The summed E-state index contributed by atoms with van der Waals surface area (Å²) in [5.41, 5.74) is 5.36. The van der Waals surface area contributed by atoms with Crippen LogP contribution in [-0.2, 0) is 6.42 Å².